The minimum Gasteiger partial charge on any atom is -0.468 e. The highest BCUT2D eigenvalue weighted by Gasteiger charge is 2.25. The largest absolute Gasteiger partial charge is 0.468 e. The zero-order valence-corrected chi connectivity index (χ0v) is 17.7. The fourth-order valence-electron chi connectivity index (χ4n) is 3.73. The van der Waals surface area contributed by atoms with Crippen LogP contribution in [0.5, 0.6) is 0 Å². The summed E-state index contributed by atoms with van der Waals surface area (Å²) < 4.78 is 11.4. The van der Waals surface area contributed by atoms with Crippen LogP contribution in [0.25, 0.3) is 0 Å². The van der Waals surface area contributed by atoms with Gasteiger partial charge in [0.15, 0.2) is 5.96 Å². The topological polar surface area (TPSA) is 62.0 Å². The number of aliphatic imine (C=N–C) groups is 1. The molecule has 1 aliphatic heterocycles. The second-order valence-electron chi connectivity index (χ2n) is 7.40. The molecular formula is C23H34N4O2. The number of hydrogen-bond donors (Lipinski definition) is 2. The summed E-state index contributed by atoms with van der Waals surface area (Å²) >= 11 is 0. The first-order chi connectivity index (χ1) is 14.3. The van der Waals surface area contributed by atoms with E-state index in [9.17, 15) is 0 Å². The number of rotatable bonds is 10. The summed E-state index contributed by atoms with van der Waals surface area (Å²) in [4.78, 5) is 6.89. The third kappa shape index (κ3) is 6.34. The van der Waals surface area contributed by atoms with Crippen molar-refractivity contribution in [2.45, 2.75) is 45.4 Å². The fraction of sp³-hybridized carbons (Fsp3) is 0.522. The van der Waals surface area contributed by atoms with Crippen molar-refractivity contribution in [3.8, 4) is 0 Å². The van der Waals surface area contributed by atoms with Gasteiger partial charge in [0, 0.05) is 26.7 Å². The smallest absolute Gasteiger partial charge is 0.191 e. The van der Waals surface area contributed by atoms with Crippen LogP contribution in [0, 0.1) is 0 Å². The van der Waals surface area contributed by atoms with Crippen LogP contribution in [0.2, 0.25) is 0 Å². The number of nitrogens with zero attached hydrogens (tertiary/aromatic N) is 2. The van der Waals surface area contributed by atoms with Gasteiger partial charge in [-0.15, -0.1) is 0 Å². The van der Waals surface area contributed by atoms with Crippen LogP contribution in [0.15, 0.2) is 52.1 Å². The van der Waals surface area contributed by atoms with Crippen molar-refractivity contribution in [1.29, 1.82) is 0 Å². The Morgan fingerprint density at radius 2 is 1.93 bits per heavy atom. The molecule has 1 fully saturated rings. The first kappa shape index (κ1) is 21.4. The zero-order valence-electron chi connectivity index (χ0n) is 17.7. The highest BCUT2D eigenvalue weighted by molar-refractivity contribution is 5.79. The summed E-state index contributed by atoms with van der Waals surface area (Å²) in [5.74, 6) is 1.80. The van der Waals surface area contributed by atoms with Crippen LogP contribution < -0.4 is 10.6 Å². The van der Waals surface area contributed by atoms with Crippen molar-refractivity contribution >= 4 is 5.96 Å². The third-order valence-corrected chi connectivity index (χ3v) is 5.31. The van der Waals surface area contributed by atoms with Crippen molar-refractivity contribution in [2.24, 2.45) is 4.99 Å². The maximum Gasteiger partial charge on any atom is 0.191 e. The lowest BCUT2D eigenvalue weighted by molar-refractivity contribution is 0.121. The van der Waals surface area contributed by atoms with Gasteiger partial charge in [0.05, 0.1) is 18.9 Å². The van der Waals surface area contributed by atoms with Gasteiger partial charge in [-0.05, 0) is 55.6 Å². The van der Waals surface area contributed by atoms with Crippen LogP contribution in [0.3, 0.4) is 0 Å². The van der Waals surface area contributed by atoms with E-state index in [4.69, 9.17) is 9.15 Å². The minimum absolute atomic E-state index is 0.223. The molecule has 0 radical (unpaired) electrons. The van der Waals surface area contributed by atoms with Gasteiger partial charge in [0.25, 0.3) is 0 Å². The summed E-state index contributed by atoms with van der Waals surface area (Å²) in [7, 11) is 1.81. The first-order valence-corrected chi connectivity index (χ1v) is 10.7. The van der Waals surface area contributed by atoms with Crippen molar-refractivity contribution in [2.75, 3.05) is 33.3 Å². The van der Waals surface area contributed by atoms with Crippen molar-refractivity contribution in [3.05, 3.63) is 59.5 Å². The molecule has 158 valence electrons. The molecule has 6 nitrogen and oxygen atoms in total. The maximum absolute atomic E-state index is 5.73. The Bertz CT molecular complexity index is 739. The van der Waals surface area contributed by atoms with E-state index in [1.807, 2.05) is 13.1 Å². The predicted octanol–water partition coefficient (Wildman–Crippen LogP) is 3.71. The molecule has 3 rings (SSSR count). The number of furan rings is 1. The predicted molar refractivity (Wildman–Crippen MR) is 117 cm³/mol. The molecule has 0 saturated carbocycles. The van der Waals surface area contributed by atoms with Gasteiger partial charge in [0.2, 0.25) is 0 Å². The van der Waals surface area contributed by atoms with E-state index >= 15 is 0 Å². The average molecular weight is 399 g/mol. The molecule has 1 atom stereocenters. The lowest BCUT2D eigenvalue weighted by atomic mass is 10.1. The Balaban J connectivity index is 1.55. The van der Waals surface area contributed by atoms with E-state index in [1.54, 1.807) is 6.26 Å². The van der Waals surface area contributed by atoms with Gasteiger partial charge in [-0.1, -0.05) is 31.2 Å². The molecule has 1 aliphatic rings. The average Bonchev–Trinajstić information content (AvgIpc) is 3.46. The van der Waals surface area contributed by atoms with E-state index in [0.29, 0.717) is 13.2 Å². The first-order valence-electron chi connectivity index (χ1n) is 10.7. The van der Waals surface area contributed by atoms with E-state index in [-0.39, 0.29) is 6.04 Å². The number of ether oxygens (including phenoxy) is 1. The molecule has 0 amide bonds. The van der Waals surface area contributed by atoms with Gasteiger partial charge in [0.1, 0.15) is 5.76 Å². The van der Waals surface area contributed by atoms with Crippen LogP contribution in [0.1, 0.15) is 49.1 Å². The molecule has 1 unspecified atom stereocenters. The molecule has 2 N–H and O–H groups in total. The fourth-order valence-corrected chi connectivity index (χ4v) is 3.73. The zero-order chi connectivity index (χ0) is 20.3. The molecule has 1 aromatic heterocycles. The van der Waals surface area contributed by atoms with E-state index in [0.717, 1.165) is 44.4 Å². The molecule has 0 bridgehead atoms. The van der Waals surface area contributed by atoms with Crippen LogP contribution in [-0.2, 0) is 17.9 Å². The van der Waals surface area contributed by atoms with Crippen LogP contribution in [0.4, 0.5) is 0 Å². The Kier molecular flexibility index (Phi) is 8.58. The van der Waals surface area contributed by atoms with Crippen LogP contribution in [-0.4, -0.2) is 44.1 Å². The summed E-state index contributed by atoms with van der Waals surface area (Å²) in [5, 5.41) is 6.92. The summed E-state index contributed by atoms with van der Waals surface area (Å²) in [6, 6.07) is 12.6. The molecule has 0 spiro atoms. The van der Waals surface area contributed by atoms with Gasteiger partial charge in [-0.3, -0.25) is 9.89 Å². The summed E-state index contributed by atoms with van der Waals surface area (Å²) in [6.45, 7) is 7.26. The summed E-state index contributed by atoms with van der Waals surface area (Å²) in [6.07, 6.45) is 5.29. The Hall–Kier alpha value is -2.31. The lowest BCUT2D eigenvalue weighted by Crippen LogP contribution is -2.42. The van der Waals surface area contributed by atoms with Crippen LogP contribution >= 0.6 is 0 Å². The van der Waals surface area contributed by atoms with Crippen molar-refractivity contribution in [1.82, 2.24) is 15.5 Å². The molecular weight excluding hydrogens is 364 g/mol. The second kappa shape index (κ2) is 11.6. The molecule has 6 heteroatoms. The quantitative estimate of drug-likeness (QED) is 0.363. The lowest BCUT2D eigenvalue weighted by Gasteiger charge is -2.26. The van der Waals surface area contributed by atoms with Gasteiger partial charge in [-0.25, -0.2) is 0 Å². The molecule has 1 aromatic carbocycles. The molecule has 1 saturated heterocycles. The highest BCUT2D eigenvalue weighted by atomic mass is 16.5. The number of guanidine groups is 1. The van der Waals surface area contributed by atoms with Gasteiger partial charge in [-0.2, -0.15) is 0 Å². The van der Waals surface area contributed by atoms with E-state index < -0.39 is 0 Å². The van der Waals surface area contributed by atoms with Gasteiger partial charge >= 0.3 is 0 Å². The number of likely N-dealkylation sites (tertiary alicyclic amines) is 1. The number of benzene rings is 1. The Morgan fingerprint density at radius 3 is 2.62 bits per heavy atom. The standard InChI is InChI=1S/C23H34N4O2/c1-3-14-28-18-20-10-5-4-9-19(20)16-25-23(24-2)26-17-21(22-11-8-15-29-22)27-12-6-7-13-27/h4-5,8-11,15,21H,3,6-7,12-14,16-18H2,1-2H3,(H2,24,25,26). The monoisotopic (exact) mass is 398 g/mol. The Morgan fingerprint density at radius 1 is 1.14 bits per heavy atom. The van der Waals surface area contributed by atoms with Crippen molar-refractivity contribution < 1.29 is 9.15 Å². The molecule has 0 aliphatic carbocycles. The minimum atomic E-state index is 0.223. The Labute approximate surface area is 174 Å². The summed E-state index contributed by atoms with van der Waals surface area (Å²) in [5.41, 5.74) is 2.45. The number of hydrogen-bond acceptors (Lipinski definition) is 4. The molecule has 2 heterocycles. The third-order valence-electron chi connectivity index (χ3n) is 5.31. The number of nitrogens with one attached hydrogen (secondary N) is 2. The highest BCUT2D eigenvalue weighted by Crippen LogP contribution is 2.24. The maximum atomic E-state index is 5.73. The normalized spacial score (nSPS) is 16.1. The van der Waals surface area contributed by atoms with E-state index in [2.05, 4.69) is 57.8 Å². The van der Waals surface area contributed by atoms with E-state index in [1.165, 1.54) is 24.0 Å². The molecule has 2 aromatic rings. The SMILES string of the molecule is CCCOCc1ccccc1CNC(=NC)NCC(c1ccco1)N1CCCC1. The van der Waals surface area contributed by atoms with Gasteiger partial charge < -0.3 is 19.8 Å². The second-order valence-corrected chi connectivity index (χ2v) is 7.40. The van der Waals surface area contributed by atoms with Crippen molar-refractivity contribution in [3.63, 3.8) is 0 Å². The molecule has 29 heavy (non-hydrogen) atoms.